The van der Waals surface area contributed by atoms with Gasteiger partial charge in [-0.2, -0.15) is 0 Å². The topological polar surface area (TPSA) is 43.4 Å². The molecular weight excluding hydrogens is 336 g/mol. The van der Waals surface area contributed by atoms with E-state index in [9.17, 15) is 4.79 Å². The lowest BCUT2D eigenvalue weighted by atomic mass is 9.89. The first-order valence-corrected chi connectivity index (χ1v) is 9.22. The van der Waals surface area contributed by atoms with Crippen LogP contribution in [0.25, 0.3) is 11.0 Å². The SMILES string of the molecule is Cc1ccc(CC(Cc2ccco2)C(=O)c2oc3ccccc3c2C)cc1. The summed E-state index contributed by atoms with van der Waals surface area (Å²) in [5, 5.41) is 0.993. The highest BCUT2D eigenvalue weighted by Gasteiger charge is 2.27. The molecule has 27 heavy (non-hydrogen) atoms. The lowest BCUT2D eigenvalue weighted by Gasteiger charge is -2.14. The van der Waals surface area contributed by atoms with Gasteiger partial charge in [-0.25, -0.2) is 0 Å². The van der Waals surface area contributed by atoms with E-state index in [1.54, 1.807) is 6.26 Å². The highest BCUT2D eigenvalue weighted by Crippen LogP contribution is 2.29. The van der Waals surface area contributed by atoms with Crippen LogP contribution in [-0.2, 0) is 12.8 Å². The largest absolute Gasteiger partial charge is 0.469 e. The third kappa shape index (κ3) is 3.59. The number of hydrogen-bond acceptors (Lipinski definition) is 3. The molecule has 1 unspecified atom stereocenters. The van der Waals surface area contributed by atoms with E-state index in [0.29, 0.717) is 18.6 Å². The first kappa shape index (κ1) is 17.3. The van der Waals surface area contributed by atoms with Crippen LogP contribution in [0.4, 0.5) is 0 Å². The maximum Gasteiger partial charge on any atom is 0.202 e. The number of rotatable bonds is 6. The molecule has 3 nitrogen and oxygen atoms in total. The Morgan fingerprint density at radius 3 is 2.41 bits per heavy atom. The van der Waals surface area contributed by atoms with Gasteiger partial charge in [0, 0.05) is 23.3 Å². The van der Waals surface area contributed by atoms with Crippen molar-refractivity contribution in [1.82, 2.24) is 0 Å². The van der Waals surface area contributed by atoms with Gasteiger partial charge in [0.15, 0.2) is 5.76 Å². The third-order valence-electron chi connectivity index (χ3n) is 5.07. The van der Waals surface area contributed by atoms with Gasteiger partial charge in [0.25, 0.3) is 0 Å². The molecular formula is C24H22O3. The van der Waals surface area contributed by atoms with Crippen molar-refractivity contribution in [2.75, 3.05) is 0 Å². The Bertz CT molecular complexity index is 1050. The maximum atomic E-state index is 13.4. The van der Waals surface area contributed by atoms with Crippen molar-refractivity contribution in [2.45, 2.75) is 26.7 Å². The molecule has 2 aromatic carbocycles. The molecule has 0 fully saturated rings. The van der Waals surface area contributed by atoms with Gasteiger partial charge < -0.3 is 8.83 Å². The molecule has 3 heteroatoms. The zero-order valence-corrected chi connectivity index (χ0v) is 15.6. The molecule has 0 amide bonds. The van der Waals surface area contributed by atoms with Crippen LogP contribution in [0.5, 0.6) is 0 Å². The highest BCUT2D eigenvalue weighted by atomic mass is 16.3. The molecule has 0 saturated carbocycles. The molecule has 1 atom stereocenters. The summed E-state index contributed by atoms with van der Waals surface area (Å²) in [6.07, 6.45) is 2.85. The summed E-state index contributed by atoms with van der Waals surface area (Å²) in [6.45, 7) is 4.02. The third-order valence-corrected chi connectivity index (χ3v) is 5.07. The number of aryl methyl sites for hydroxylation is 2. The van der Waals surface area contributed by atoms with E-state index in [-0.39, 0.29) is 11.7 Å². The number of Topliss-reactive ketones (excluding diaryl/α,β-unsaturated/α-hetero) is 1. The number of fused-ring (bicyclic) bond motifs is 1. The number of benzene rings is 2. The van der Waals surface area contributed by atoms with Gasteiger partial charge in [-0.1, -0.05) is 48.0 Å². The van der Waals surface area contributed by atoms with Crippen LogP contribution >= 0.6 is 0 Å². The van der Waals surface area contributed by atoms with Gasteiger partial charge in [0.1, 0.15) is 11.3 Å². The van der Waals surface area contributed by atoms with E-state index in [1.807, 2.05) is 43.3 Å². The van der Waals surface area contributed by atoms with Crippen LogP contribution < -0.4 is 0 Å². The summed E-state index contributed by atoms with van der Waals surface area (Å²) in [5.41, 5.74) is 4.01. The lowest BCUT2D eigenvalue weighted by Crippen LogP contribution is -2.20. The normalized spacial score (nSPS) is 12.4. The predicted molar refractivity (Wildman–Crippen MR) is 106 cm³/mol. The van der Waals surface area contributed by atoms with Crippen molar-refractivity contribution in [3.63, 3.8) is 0 Å². The van der Waals surface area contributed by atoms with Crippen LogP contribution in [0.15, 0.2) is 75.8 Å². The molecule has 4 aromatic rings. The van der Waals surface area contributed by atoms with Gasteiger partial charge in [-0.15, -0.1) is 0 Å². The number of hydrogen-bond donors (Lipinski definition) is 0. The summed E-state index contributed by atoms with van der Waals surface area (Å²) < 4.78 is 11.5. The van der Waals surface area contributed by atoms with Gasteiger partial charge in [-0.3, -0.25) is 4.79 Å². The van der Waals surface area contributed by atoms with Crippen LogP contribution in [0, 0.1) is 19.8 Å². The fourth-order valence-electron chi connectivity index (χ4n) is 3.53. The van der Waals surface area contributed by atoms with E-state index < -0.39 is 0 Å². The molecule has 0 bridgehead atoms. The van der Waals surface area contributed by atoms with Crippen LogP contribution in [-0.4, -0.2) is 5.78 Å². The van der Waals surface area contributed by atoms with Crippen LogP contribution in [0.2, 0.25) is 0 Å². The number of carbonyl (C=O) groups is 1. The van der Waals surface area contributed by atoms with Crippen molar-refractivity contribution < 1.29 is 13.6 Å². The van der Waals surface area contributed by atoms with E-state index in [4.69, 9.17) is 8.83 Å². The van der Waals surface area contributed by atoms with Gasteiger partial charge in [-0.05, 0) is 44.0 Å². The van der Waals surface area contributed by atoms with E-state index in [2.05, 4.69) is 31.2 Å². The molecule has 0 aliphatic heterocycles. The van der Waals surface area contributed by atoms with Gasteiger partial charge in [0.05, 0.1) is 6.26 Å². The van der Waals surface area contributed by atoms with Gasteiger partial charge >= 0.3 is 0 Å². The average Bonchev–Trinajstić information content (AvgIpc) is 3.31. The molecule has 0 spiro atoms. The minimum absolute atomic E-state index is 0.0284. The Kier molecular flexibility index (Phi) is 4.68. The minimum Gasteiger partial charge on any atom is -0.469 e. The molecule has 0 aliphatic rings. The smallest absolute Gasteiger partial charge is 0.202 e. The number of furan rings is 2. The Morgan fingerprint density at radius 2 is 1.70 bits per heavy atom. The van der Waals surface area contributed by atoms with Crippen molar-refractivity contribution in [3.8, 4) is 0 Å². The Morgan fingerprint density at radius 1 is 0.926 bits per heavy atom. The monoisotopic (exact) mass is 358 g/mol. The lowest BCUT2D eigenvalue weighted by molar-refractivity contribution is 0.0887. The minimum atomic E-state index is -0.238. The second kappa shape index (κ2) is 7.28. The van der Waals surface area contributed by atoms with E-state index in [0.717, 1.165) is 27.9 Å². The summed E-state index contributed by atoms with van der Waals surface area (Å²) in [6, 6.07) is 19.9. The number of carbonyl (C=O) groups excluding carboxylic acids is 1. The molecule has 0 N–H and O–H groups in total. The van der Waals surface area contributed by atoms with E-state index >= 15 is 0 Å². The Hall–Kier alpha value is -3.07. The molecule has 2 heterocycles. The maximum absolute atomic E-state index is 13.4. The Labute approximate surface area is 158 Å². The first-order valence-electron chi connectivity index (χ1n) is 9.22. The molecule has 0 aliphatic carbocycles. The second-order valence-electron chi connectivity index (χ2n) is 7.09. The van der Waals surface area contributed by atoms with E-state index in [1.165, 1.54) is 5.56 Å². The number of ketones is 1. The molecule has 4 rings (SSSR count). The molecule has 2 aromatic heterocycles. The molecule has 0 saturated heterocycles. The van der Waals surface area contributed by atoms with Crippen LogP contribution in [0.3, 0.4) is 0 Å². The van der Waals surface area contributed by atoms with Crippen molar-refractivity contribution in [3.05, 3.63) is 95.1 Å². The fraction of sp³-hybridized carbons (Fsp3) is 0.208. The fourth-order valence-corrected chi connectivity index (χ4v) is 3.53. The zero-order valence-electron chi connectivity index (χ0n) is 15.6. The van der Waals surface area contributed by atoms with Crippen molar-refractivity contribution >= 4 is 16.8 Å². The predicted octanol–water partition coefficient (Wildman–Crippen LogP) is 5.93. The standard InChI is InChI=1S/C24H22O3/c1-16-9-11-18(12-10-16)14-19(15-20-6-5-13-26-20)23(25)24-17(2)21-7-3-4-8-22(21)27-24/h3-13,19H,14-15H2,1-2H3. The van der Waals surface area contributed by atoms with Crippen molar-refractivity contribution in [2.24, 2.45) is 5.92 Å². The number of para-hydroxylation sites is 1. The van der Waals surface area contributed by atoms with Crippen LogP contribution in [0.1, 0.15) is 33.0 Å². The molecule has 0 radical (unpaired) electrons. The molecule has 136 valence electrons. The second-order valence-corrected chi connectivity index (χ2v) is 7.09. The quantitative estimate of drug-likeness (QED) is 0.401. The van der Waals surface area contributed by atoms with Gasteiger partial charge in [0.2, 0.25) is 5.78 Å². The Balaban J connectivity index is 1.68. The summed E-state index contributed by atoms with van der Waals surface area (Å²) in [4.78, 5) is 13.4. The summed E-state index contributed by atoms with van der Waals surface area (Å²) >= 11 is 0. The van der Waals surface area contributed by atoms with Crippen molar-refractivity contribution in [1.29, 1.82) is 0 Å². The summed E-state index contributed by atoms with van der Waals surface area (Å²) in [7, 11) is 0. The summed E-state index contributed by atoms with van der Waals surface area (Å²) in [5.74, 6) is 1.06. The average molecular weight is 358 g/mol. The highest BCUT2D eigenvalue weighted by molar-refractivity contribution is 6.01. The first-order chi connectivity index (χ1) is 13.1. The zero-order chi connectivity index (χ0) is 18.8.